The quantitative estimate of drug-likeness (QED) is 0.439. The molecule has 0 bridgehead atoms. The lowest BCUT2D eigenvalue weighted by atomic mass is 10.1. The normalized spacial score (nSPS) is 11.6. The first-order valence-electron chi connectivity index (χ1n) is 11.2. The van der Waals surface area contributed by atoms with Gasteiger partial charge in [0.2, 0.25) is 0 Å². The number of nitrogens with one attached hydrogen (secondary N) is 3. The number of hydrogen-bond acceptors (Lipinski definition) is 4. The second-order valence-corrected chi connectivity index (χ2v) is 11.3. The number of anilines is 2. The molecule has 0 spiro atoms. The monoisotopic (exact) mass is 493 g/mol. The summed E-state index contributed by atoms with van der Waals surface area (Å²) in [5.74, 6) is -0.845. The van der Waals surface area contributed by atoms with E-state index in [2.05, 4.69) is 15.4 Å². The van der Waals surface area contributed by atoms with E-state index >= 15 is 0 Å². The Balaban J connectivity index is 1.90. The summed E-state index contributed by atoms with van der Waals surface area (Å²) >= 11 is 0. The second-order valence-electron chi connectivity index (χ2n) is 9.61. The first kappa shape index (κ1) is 26.0. The van der Waals surface area contributed by atoms with E-state index in [1.807, 2.05) is 46.8 Å². The smallest absolute Gasteiger partial charge is 0.262 e. The van der Waals surface area contributed by atoms with Crippen LogP contribution in [0.1, 0.15) is 58.2 Å². The summed E-state index contributed by atoms with van der Waals surface area (Å²) in [6, 6.07) is 16.7. The molecule has 3 aromatic carbocycles. The maximum Gasteiger partial charge on any atom is 0.262 e. The van der Waals surface area contributed by atoms with E-state index in [0.717, 1.165) is 11.1 Å². The molecule has 0 aliphatic carbocycles. The molecular formula is C27H31N3O4S. The minimum absolute atomic E-state index is 0.00446. The number of carbonyl (C=O) groups is 2. The van der Waals surface area contributed by atoms with Gasteiger partial charge in [-0.25, -0.2) is 8.42 Å². The molecule has 3 N–H and O–H groups in total. The third-order valence-corrected chi connectivity index (χ3v) is 6.79. The van der Waals surface area contributed by atoms with Crippen molar-refractivity contribution in [1.29, 1.82) is 0 Å². The molecule has 3 rings (SSSR count). The standard InChI is InChI=1S/C27H31N3O4S/c1-17-11-12-18(2)23(15-17)30-35(33,34)24-16-20(14-13-19(24)3)25(31)28-22-10-8-7-9-21(22)26(32)29-27(4,5)6/h7-16,30H,1-6H3,(H,28,31)(H,29,32). The zero-order valence-corrected chi connectivity index (χ0v) is 21.6. The van der Waals surface area contributed by atoms with Gasteiger partial charge >= 0.3 is 0 Å². The van der Waals surface area contributed by atoms with Crippen molar-refractivity contribution in [1.82, 2.24) is 5.32 Å². The number of amides is 2. The Bertz CT molecular complexity index is 1390. The van der Waals surface area contributed by atoms with Crippen LogP contribution in [0.4, 0.5) is 11.4 Å². The molecule has 184 valence electrons. The van der Waals surface area contributed by atoms with Crippen molar-refractivity contribution in [3.05, 3.63) is 88.5 Å². The Labute approximate surface area is 207 Å². The van der Waals surface area contributed by atoms with Crippen molar-refractivity contribution >= 4 is 33.2 Å². The van der Waals surface area contributed by atoms with Crippen LogP contribution in [-0.2, 0) is 10.0 Å². The molecule has 0 aliphatic heterocycles. The van der Waals surface area contributed by atoms with Crippen molar-refractivity contribution in [2.45, 2.75) is 52.0 Å². The van der Waals surface area contributed by atoms with Gasteiger partial charge in [0.1, 0.15) is 0 Å². The number of hydrogen-bond donors (Lipinski definition) is 3. The third-order valence-electron chi connectivity index (χ3n) is 5.29. The van der Waals surface area contributed by atoms with E-state index in [9.17, 15) is 18.0 Å². The first-order chi connectivity index (χ1) is 16.3. The Hall–Kier alpha value is -3.65. The van der Waals surface area contributed by atoms with E-state index in [4.69, 9.17) is 0 Å². The van der Waals surface area contributed by atoms with Crippen molar-refractivity contribution in [3.63, 3.8) is 0 Å². The van der Waals surface area contributed by atoms with Crippen LogP contribution in [-0.4, -0.2) is 25.8 Å². The van der Waals surface area contributed by atoms with Crippen molar-refractivity contribution < 1.29 is 18.0 Å². The van der Waals surface area contributed by atoms with Crippen LogP contribution < -0.4 is 15.4 Å². The van der Waals surface area contributed by atoms with E-state index in [1.165, 1.54) is 6.07 Å². The lowest BCUT2D eigenvalue weighted by Gasteiger charge is -2.21. The van der Waals surface area contributed by atoms with Gasteiger partial charge in [0.05, 0.1) is 21.8 Å². The predicted octanol–water partition coefficient (Wildman–Crippen LogP) is 5.19. The molecule has 7 nitrogen and oxygen atoms in total. The Morgan fingerprint density at radius 2 is 1.43 bits per heavy atom. The summed E-state index contributed by atoms with van der Waals surface area (Å²) < 4.78 is 29.0. The maximum absolute atomic E-state index is 13.2. The van der Waals surface area contributed by atoms with Crippen LogP contribution in [0.2, 0.25) is 0 Å². The van der Waals surface area contributed by atoms with Crippen molar-refractivity contribution in [2.75, 3.05) is 10.0 Å². The summed E-state index contributed by atoms with van der Waals surface area (Å²) in [7, 11) is -3.95. The van der Waals surface area contributed by atoms with Gasteiger partial charge in [-0.1, -0.05) is 30.3 Å². The second kappa shape index (κ2) is 9.92. The molecule has 3 aromatic rings. The van der Waals surface area contributed by atoms with Crippen molar-refractivity contribution in [3.8, 4) is 0 Å². The molecule has 0 saturated carbocycles. The van der Waals surface area contributed by atoms with Crippen LogP contribution in [0.15, 0.2) is 65.6 Å². The zero-order chi connectivity index (χ0) is 26.0. The molecule has 35 heavy (non-hydrogen) atoms. The summed E-state index contributed by atoms with van der Waals surface area (Å²) in [6.07, 6.45) is 0. The largest absolute Gasteiger partial charge is 0.347 e. The SMILES string of the molecule is Cc1ccc(C)c(NS(=O)(=O)c2cc(C(=O)Nc3ccccc3C(=O)NC(C)(C)C)ccc2C)c1. The average Bonchev–Trinajstić information content (AvgIpc) is 2.75. The fourth-order valence-corrected chi connectivity index (χ4v) is 4.86. The van der Waals surface area contributed by atoms with Gasteiger partial charge in [-0.2, -0.15) is 0 Å². The fraction of sp³-hybridized carbons (Fsp3) is 0.259. The molecule has 0 aromatic heterocycles. The molecule has 0 heterocycles. The van der Waals surface area contributed by atoms with Crippen LogP contribution in [0.5, 0.6) is 0 Å². The van der Waals surface area contributed by atoms with E-state index in [0.29, 0.717) is 22.5 Å². The van der Waals surface area contributed by atoms with Gasteiger partial charge in [0.15, 0.2) is 0 Å². The molecule has 0 radical (unpaired) electrons. The molecule has 2 amide bonds. The Morgan fingerprint density at radius 1 is 0.771 bits per heavy atom. The summed E-state index contributed by atoms with van der Waals surface area (Å²) in [6.45, 7) is 11.0. The lowest BCUT2D eigenvalue weighted by molar-refractivity contribution is 0.0920. The molecule has 0 aliphatic rings. The summed E-state index contributed by atoms with van der Waals surface area (Å²) in [4.78, 5) is 25.8. The maximum atomic E-state index is 13.2. The lowest BCUT2D eigenvalue weighted by Crippen LogP contribution is -2.40. The molecule has 0 saturated heterocycles. The van der Waals surface area contributed by atoms with Gasteiger partial charge in [-0.05, 0) is 88.6 Å². The number of aryl methyl sites for hydroxylation is 3. The highest BCUT2D eigenvalue weighted by molar-refractivity contribution is 7.92. The molecular weight excluding hydrogens is 462 g/mol. The Morgan fingerprint density at radius 3 is 2.11 bits per heavy atom. The molecule has 0 atom stereocenters. The number of para-hydroxylation sites is 1. The van der Waals surface area contributed by atoms with Crippen LogP contribution in [0.3, 0.4) is 0 Å². The third kappa shape index (κ3) is 6.48. The van der Waals surface area contributed by atoms with Crippen LogP contribution in [0, 0.1) is 20.8 Å². The van der Waals surface area contributed by atoms with E-state index < -0.39 is 21.5 Å². The van der Waals surface area contributed by atoms with Crippen LogP contribution in [0.25, 0.3) is 0 Å². The predicted molar refractivity (Wildman–Crippen MR) is 140 cm³/mol. The summed E-state index contributed by atoms with van der Waals surface area (Å²) in [5.41, 5.74) is 3.05. The molecule has 0 fully saturated rings. The number of carbonyl (C=O) groups excluding carboxylic acids is 2. The number of benzene rings is 3. The van der Waals surface area contributed by atoms with Crippen LogP contribution >= 0.6 is 0 Å². The highest BCUT2D eigenvalue weighted by Crippen LogP contribution is 2.25. The molecule has 0 unspecified atom stereocenters. The van der Waals surface area contributed by atoms with E-state index in [1.54, 1.807) is 49.4 Å². The van der Waals surface area contributed by atoms with Gasteiger partial charge in [-0.3, -0.25) is 14.3 Å². The van der Waals surface area contributed by atoms with Gasteiger partial charge in [-0.15, -0.1) is 0 Å². The van der Waals surface area contributed by atoms with Gasteiger partial charge < -0.3 is 10.6 Å². The van der Waals surface area contributed by atoms with Gasteiger partial charge in [0, 0.05) is 11.1 Å². The topological polar surface area (TPSA) is 104 Å². The number of rotatable bonds is 6. The zero-order valence-electron chi connectivity index (χ0n) is 20.8. The fourth-order valence-electron chi connectivity index (χ4n) is 3.47. The minimum atomic E-state index is -3.95. The minimum Gasteiger partial charge on any atom is -0.347 e. The highest BCUT2D eigenvalue weighted by atomic mass is 32.2. The molecule has 8 heteroatoms. The average molecular weight is 494 g/mol. The van der Waals surface area contributed by atoms with Gasteiger partial charge in [0.25, 0.3) is 21.8 Å². The van der Waals surface area contributed by atoms with Crippen molar-refractivity contribution in [2.24, 2.45) is 0 Å². The van der Waals surface area contributed by atoms with E-state index in [-0.39, 0.29) is 16.4 Å². The summed E-state index contributed by atoms with van der Waals surface area (Å²) in [5, 5.41) is 5.62. The Kier molecular flexibility index (Phi) is 7.36. The first-order valence-corrected chi connectivity index (χ1v) is 12.7. The number of sulfonamides is 1. The highest BCUT2D eigenvalue weighted by Gasteiger charge is 2.22.